The summed E-state index contributed by atoms with van der Waals surface area (Å²) < 4.78 is 5.49. The Morgan fingerprint density at radius 2 is 1.88 bits per heavy atom. The third-order valence-corrected chi connectivity index (χ3v) is 3.96. The first-order chi connectivity index (χ1) is 11.5. The second-order valence-corrected chi connectivity index (χ2v) is 5.79. The number of ether oxygens (including phenoxy) is 1. The Bertz CT molecular complexity index is 785. The lowest BCUT2D eigenvalue weighted by atomic mass is 10.1. The quantitative estimate of drug-likeness (QED) is 0.941. The van der Waals surface area contributed by atoms with Gasteiger partial charge in [0.2, 0.25) is 0 Å². The molecule has 0 saturated heterocycles. The Morgan fingerprint density at radius 3 is 2.54 bits per heavy atom. The molecule has 24 heavy (non-hydrogen) atoms. The highest BCUT2D eigenvalue weighted by atomic mass is 16.5. The van der Waals surface area contributed by atoms with Gasteiger partial charge in [-0.3, -0.25) is 9.59 Å². The number of benzene rings is 2. The number of carbonyl (C=O) groups is 2. The van der Waals surface area contributed by atoms with Gasteiger partial charge in [-0.1, -0.05) is 6.07 Å². The van der Waals surface area contributed by atoms with Crippen LogP contribution in [-0.2, 0) is 4.79 Å². The average molecular weight is 325 g/mol. The lowest BCUT2D eigenvalue weighted by molar-refractivity contribution is -0.121. The number of rotatable bonds is 3. The molecule has 124 valence electrons. The van der Waals surface area contributed by atoms with E-state index in [1.54, 1.807) is 25.2 Å². The topological polar surface area (TPSA) is 61.9 Å². The maximum atomic E-state index is 12.6. The number of hydrogen-bond donors (Lipinski definition) is 1. The zero-order valence-electron chi connectivity index (χ0n) is 13.9. The molecule has 0 spiro atoms. The van der Waals surface area contributed by atoms with Crippen molar-refractivity contribution in [2.45, 2.75) is 0 Å². The van der Waals surface area contributed by atoms with E-state index in [9.17, 15) is 9.59 Å². The molecule has 0 aliphatic carbocycles. The fourth-order valence-corrected chi connectivity index (χ4v) is 2.53. The second-order valence-electron chi connectivity index (χ2n) is 5.79. The van der Waals surface area contributed by atoms with E-state index >= 15 is 0 Å². The number of para-hydroxylation sites is 1. The predicted molar refractivity (Wildman–Crippen MR) is 94.1 cm³/mol. The van der Waals surface area contributed by atoms with Gasteiger partial charge in [0.1, 0.15) is 0 Å². The summed E-state index contributed by atoms with van der Waals surface area (Å²) in [5.74, 6) is 0.0218. The van der Waals surface area contributed by atoms with Gasteiger partial charge in [0.05, 0.1) is 11.3 Å². The molecule has 1 heterocycles. The van der Waals surface area contributed by atoms with Gasteiger partial charge < -0.3 is 19.9 Å². The molecule has 1 aliphatic heterocycles. The molecular formula is C18H19N3O3. The largest absolute Gasteiger partial charge is 0.481 e. The number of amides is 2. The van der Waals surface area contributed by atoms with Gasteiger partial charge in [0.25, 0.3) is 11.8 Å². The summed E-state index contributed by atoms with van der Waals surface area (Å²) in [5.41, 5.74) is 2.75. The fraction of sp³-hybridized carbons (Fsp3) is 0.222. The van der Waals surface area contributed by atoms with Gasteiger partial charge >= 0.3 is 0 Å². The molecule has 0 bridgehead atoms. The predicted octanol–water partition coefficient (Wildman–Crippen LogP) is 2.36. The molecule has 1 aliphatic rings. The number of nitrogens with zero attached hydrogens (tertiary/aromatic N) is 2. The lowest BCUT2D eigenvalue weighted by Crippen LogP contribution is -2.36. The van der Waals surface area contributed by atoms with Gasteiger partial charge in [-0.25, -0.2) is 0 Å². The van der Waals surface area contributed by atoms with Crippen molar-refractivity contribution in [1.29, 1.82) is 0 Å². The number of carbonyl (C=O) groups excluding carboxylic acids is 2. The average Bonchev–Trinajstić information content (AvgIpc) is 2.58. The Morgan fingerprint density at radius 1 is 1.17 bits per heavy atom. The first-order valence-electron chi connectivity index (χ1n) is 7.58. The summed E-state index contributed by atoms with van der Waals surface area (Å²) in [5, 5.41) is 2.86. The molecule has 0 aromatic heterocycles. The fourth-order valence-electron chi connectivity index (χ4n) is 2.53. The summed E-state index contributed by atoms with van der Waals surface area (Å²) in [6.45, 7) is -0.0642. The zero-order chi connectivity index (χ0) is 17.3. The summed E-state index contributed by atoms with van der Waals surface area (Å²) in [6, 6.07) is 12.7. The molecule has 6 nitrogen and oxygen atoms in total. The van der Waals surface area contributed by atoms with Crippen molar-refractivity contribution in [3.63, 3.8) is 0 Å². The van der Waals surface area contributed by atoms with Crippen LogP contribution >= 0.6 is 0 Å². The normalized spacial score (nSPS) is 13.1. The highest BCUT2D eigenvalue weighted by Gasteiger charge is 2.26. The van der Waals surface area contributed by atoms with Crippen molar-refractivity contribution in [3.05, 3.63) is 48.0 Å². The summed E-state index contributed by atoms with van der Waals surface area (Å²) >= 11 is 0. The van der Waals surface area contributed by atoms with Crippen molar-refractivity contribution in [3.8, 4) is 5.75 Å². The number of nitrogens with one attached hydrogen (secondary N) is 1. The van der Waals surface area contributed by atoms with Crippen LogP contribution in [0.15, 0.2) is 42.5 Å². The van der Waals surface area contributed by atoms with Crippen LogP contribution in [0.4, 0.5) is 17.1 Å². The van der Waals surface area contributed by atoms with Crippen LogP contribution in [0.1, 0.15) is 10.4 Å². The number of fused-ring (bicyclic) bond motifs is 1. The van der Waals surface area contributed by atoms with Gasteiger partial charge in [-0.05, 0) is 36.4 Å². The van der Waals surface area contributed by atoms with E-state index in [0.29, 0.717) is 22.7 Å². The molecule has 0 radical (unpaired) electrons. The molecule has 2 amide bonds. The Labute approximate surface area is 140 Å². The molecule has 2 aromatic rings. The SMILES string of the molecule is CN(C)c1ccc(NC(=O)c2cccc3c2OCC(=O)N3C)cc1. The van der Waals surface area contributed by atoms with Crippen LogP contribution in [0, 0.1) is 0 Å². The monoisotopic (exact) mass is 325 g/mol. The van der Waals surface area contributed by atoms with Gasteiger partial charge in [0.15, 0.2) is 12.4 Å². The highest BCUT2D eigenvalue weighted by Crippen LogP contribution is 2.34. The van der Waals surface area contributed by atoms with E-state index in [1.807, 2.05) is 43.3 Å². The molecule has 1 N–H and O–H groups in total. The molecule has 0 fully saturated rings. The van der Waals surface area contributed by atoms with Crippen molar-refractivity contribution < 1.29 is 14.3 Å². The molecule has 0 saturated carbocycles. The standard InChI is InChI=1S/C18H19N3O3/c1-20(2)13-9-7-12(8-10-13)19-18(23)14-5-4-6-15-17(14)24-11-16(22)21(15)3/h4-10H,11H2,1-3H3,(H,19,23). The summed E-state index contributed by atoms with van der Waals surface area (Å²) in [4.78, 5) is 27.8. The summed E-state index contributed by atoms with van der Waals surface area (Å²) in [6.07, 6.45) is 0. The van der Waals surface area contributed by atoms with E-state index in [1.165, 1.54) is 4.90 Å². The van der Waals surface area contributed by atoms with Crippen LogP contribution in [0.25, 0.3) is 0 Å². The van der Waals surface area contributed by atoms with Crippen LogP contribution in [0.5, 0.6) is 5.75 Å². The van der Waals surface area contributed by atoms with Crippen molar-refractivity contribution in [2.75, 3.05) is 42.9 Å². The second kappa shape index (κ2) is 6.23. The van der Waals surface area contributed by atoms with Gasteiger partial charge in [-0.15, -0.1) is 0 Å². The number of likely N-dealkylation sites (N-methyl/N-ethyl adjacent to an activating group) is 1. The van der Waals surface area contributed by atoms with Crippen molar-refractivity contribution in [2.24, 2.45) is 0 Å². The zero-order valence-corrected chi connectivity index (χ0v) is 13.9. The molecule has 3 rings (SSSR count). The van der Waals surface area contributed by atoms with Gasteiger partial charge in [0, 0.05) is 32.5 Å². The van der Waals surface area contributed by atoms with E-state index in [-0.39, 0.29) is 18.4 Å². The van der Waals surface area contributed by atoms with Crippen LogP contribution < -0.4 is 19.9 Å². The molecule has 0 unspecified atom stereocenters. The van der Waals surface area contributed by atoms with Gasteiger partial charge in [-0.2, -0.15) is 0 Å². The smallest absolute Gasteiger partial charge is 0.264 e. The first kappa shape index (κ1) is 15.9. The minimum Gasteiger partial charge on any atom is -0.481 e. The maximum Gasteiger partial charge on any atom is 0.264 e. The van der Waals surface area contributed by atoms with Crippen molar-refractivity contribution in [1.82, 2.24) is 0 Å². The summed E-state index contributed by atoms with van der Waals surface area (Å²) in [7, 11) is 5.59. The minimum atomic E-state index is -0.271. The molecule has 0 atom stereocenters. The van der Waals surface area contributed by atoms with E-state index < -0.39 is 0 Å². The molecule has 2 aromatic carbocycles. The Balaban J connectivity index is 1.85. The van der Waals surface area contributed by atoms with Crippen molar-refractivity contribution >= 4 is 28.9 Å². The highest BCUT2D eigenvalue weighted by molar-refractivity contribution is 6.09. The number of hydrogen-bond acceptors (Lipinski definition) is 4. The number of anilines is 3. The van der Waals surface area contributed by atoms with E-state index in [0.717, 1.165) is 5.69 Å². The minimum absolute atomic E-state index is 0.0642. The first-order valence-corrected chi connectivity index (χ1v) is 7.58. The van der Waals surface area contributed by atoms with Crippen LogP contribution in [0.2, 0.25) is 0 Å². The lowest BCUT2D eigenvalue weighted by Gasteiger charge is -2.27. The van der Waals surface area contributed by atoms with E-state index in [4.69, 9.17) is 4.74 Å². The van der Waals surface area contributed by atoms with Crippen LogP contribution in [-0.4, -0.2) is 39.6 Å². The molecule has 6 heteroatoms. The molecular weight excluding hydrogens is 306 g/mol. The Hall–Kier alpha value is -3.02. The Kier molecular flexibility index (Phi) is 4.12. The third-order valence-electron chi connectivity index (χ3n) is 3.96. The van der Waals surface area contributed by atoms with E-state index in [2.05, 4.69) is 5.32 Å². The maximum absolute atomic E-state index is 12.6. The third kappa shape index (κ3) is 2.90. The van der Waals surface area contributed by atoms with Crippen LogP contribution in [0.3, 0.4) is 0 Å².